The molecule has 1 aromatic rings. The molecule has 0 spiro atoms. The second-order valence-corrected chi connectivity index (χ2v) is 5.95. The lowest BCUT2D eigenvalue weighted by molar-refractivity contribution is 0.558. The summed E-state index contributed by atoms with van der Waals surface area (Å²) < 4.78 is 1.21. The molecule has 2 N–H and O–H groups in total. The summed E-state index contributed by atoms with van der Waals surface area (Å²) in [4.78, 5) is 0. The molecule has 2 rings (SSSR count). The zero-order valence-electron chi connectivity index (χ0n) is 9.55. The van der Waals surface area contributed by atoms with E-state index in [1.165, 1.54) is 15.6 Å². The van der Waals surface area contributed by atoms with Crippen LogP contribution in [0.2, 0.25) is 0 Å². The largest absolute Gasteiger partial charge is 0.330 e. The van der Waals surface area contributed by atoms with Crippen molar-refractivity contribution >= 4 is 15.9 Å². The number of nitrogens with two attached hydrogens (primary N) is 1. The average Bonchev–Trinajstić information content (AvgIpc) is 2.73. The summed E-state index contributed by atoms with van der Waals surface area (Å²) >= 11 is 3.59. The van der Waals surface area contributed by atoms with E-state index in [2.05, 4.69) is 54.9 Å². The van der Waals surface area contributed by atoms with Gasteiger partial charge >= 0.3 is 0 Å². The lowest BCUT2D eigenvalue weighted by Crippen LogP contribution is -2.05. The van der Waals surface area contributed by atoms with Crippen LogP contribution in [0.5, 0.6) is 0 Å². The van der Waals surface area contributed by atoms with Gasteiger partial charge in [-0.25, -0.2) is 0 Å². The van der Waals surface area contributed by atoms with Crippen LogP contribution in [0, 0.1) is 18.3 Å². The Balaban J connectivity index is 2.37. The Labute approximate surface area is 100 Å². The fraction of sp³-hybridized carbons (Fsp3) is 0.538. The van der Waals surface area contributed by atoms with E-state index in [1.807, 2.05) is 0 Å². The van der Waals surface area contributed by atoms with Crippen molar-refractivity contribution in [1.29, 1.82) is 0 Å². The van der Waals surface area contributed by atoms with E-state index in [0.717, 1.165) is 6.54 Å². The summed E-state index contributed by atoms with van der Waals surface area (Å²) in [6, 6.07) is 6.46. The smallest absolute Gasteiger partial charge is 0.0207 e. The molecule has 1 saturated carbocycles. The molecular weight excluding hydrogens is 250 g/mol. The second kappa shape index (κ2) is 3.60. The SMILES string of the molecule is Cc1c(Br)cccc1[C@@H]1[C@@H](CN)C1(C)C. The molecule has 0 bridgehead atoms. The highest BCUT2D eigenvalue weighted by Gasteiger charge is 2.57. The summed E-state index contributed by atoms with van der Waals surface area (Å²) in [6.07, 6.45) is 0. The minimum atomic E-state index is 0.375. The minimum absolute atomic E-state index is 0.375. The van der Waals surface area contributed by atoms with Crippen molar-refractivity contribution in [2.75, 3.05) is 6.54 Å². The maximum atomic E-state index is 5.81. The van der Waals surface area contributed by atoms with Gasteiger partial charge in [-0.05, 0) is 47.9 Å². The van der Waals surface area contributed by atoms with Gasteiger partial charge < -0.3 is 5.73 Å². The van der Waals surface area contributed by atoms with Crippen LogP contribution in [0.25, 0.3) is 0 Å². The predicted molar refractivity (Wildman–Crippen MR) is 67.9 cm³/mol. The summed E-state index contributed by atoms with van der Waals surface area (Å²) in [7, 11) is 0. The van der Waals surface area contributed by atoms with Crippen molar-refractivity contribution in [3.63, 3.8) is 0 Å². The van der Waals surface area contributed by atoms with Gasteiger partial charge in [-0.2, -0.15) is 0 Å². The molecule has 15 heavy (non-hydrogen) atoms. The molecule has 2 atom stereocenters. The van der Waals surface area contributed by atoms with Gasteiger partial charge in [-0.3, -0.25) is 0 Å². The highest BCUT2D eigenvalue weighted by atomic mass is 79.9. The lowest BCUT2D eigenvalue weighted by atomic mass is 9.99. The number of benzene rings is 1. The molecular formula is C13H18BrN. The summed E-state index contributed by atoms with van der Waals surface area (Å²) in [5, 5.41) is 0. The zero-order chi connectivity index (χ0) is 11.2. The first kappa shape index (κ1) is 11.2. The van der Waals surface area contributed by atoms with Gasteiger partial charge in [0.25, 0.3) is 0 Å². The van der Waals surface area contributed by atoms with Gasteiger partial charge in [0.1, 0.15) is 0 Å². The number of hydrogen-bond donors (Lipinski definition) is 1. The summed E-state index contributed by atoms with van der Waals surface area (Å²) in [5.41, 5.74) is 9.02. The molecule has 2 heteroatoms. The number of hydrogen-bond acceptors (Lipinski definition) is 1. The molecule has 1 fully saturated rings. The Bertz CT molecular complexity index is 384. The maximum absolute atomic E-state index is 5.81. The number of rotatable bonds is 2. The van der Waals surface area contributed by atoms with Gasteiger partial charge in [0.2, 0.25) is 0 Å². The van der Waals surface area contributed by atoms with Gasteiger partial charge in [-0.1, -0.05) is 41.9 Å². The van der Waals surface area contributed by atoms with Crippen LogP contribution in [-0.2, 0) is 0 Å². The van der Waals surface area contributed by atoms with Crippen LogP contribution >= 0.6 is 15.9 Å². The fourth-order valence-corrected chi connectivity index (χ4v) is 3.14. The molecule has 0 aliphatic heterocycles. The fourth-order valence-electron chi connectivity index (χ4n) is 2.76. The normalized spacial score (nSPS) is 27.8. The lowest BCUT2D eigenvalue weighted by Gasteiger charge is -2.08. The van der Waals surface area contributed by atoms with Crippen molar-refractivity contribution in [2.24, 2.45) is 17.1 Å². The molecule has 0 unspecified atom stereocenters. The third kappa shape index (κ3) is 1.64. The molecule has 82 valence electrons. The van der Waals surface area contributed by atoms with E-state index in [0.29, 0.717) is 17.3 Å². The topological polar surface area (TPSA) is 26.0 Å². The van der Waals surface area contributed by atoms with Crippen molar-refractivity contribution in [3.8, 4) is 0 Å². The predicted octanol–water partition coefficient (Wildman–Crippen LogP) is 3.46. The van der Waals surface area contributed by atoms with Crippen LogP contribution < -0.4 is 5.73 Å². The van der Waals surface area contributed by atoms with E-state index < -0.39 is 0 Å². The second-order valence-electron chi connectivity index (χ2n) is 5.10. The average molecular weight is 268 g/mol. The Kier molecular flexibility index (Phi) is 2.68. The summed E-state index contributed by atoms with van der Waals surface area (Å²) in [5.74, 6) is 1.28. The van der Waals surface area contributed by atoms with Crippen LogP contribution in [0.15, 0.2) is 22.7 Å². The molecule has 0 saturated heterocycles. The first-order valence-electron chi connectivity index (χ1n) is 5.45. The standard InChI is InChI=1S/C13H18BrN/c1-8-9(5-4-6-11(8)14)12-10(7-15)13(12,2)3/h4-6,10,12H,7,15H2,1-3H3/t10-,12-/m1/s1. The molecule has 0 aromatic heterocycles. The van der Waals surface area contributed by atoms with Crippen molar-refractivity contribution in [3.05, 3.63) is 33.8 Å². The highest BCUT2D eigenvalue weighted by Crippen LogP contribution is 2.64. The quantitative estimate of drug-likeness (QED) is 0.873. The third-order valence-corrected chi connectivity index (χ3v) is 4.81. The Morgan fingerprint density at radius 1 is 1.40 bits per heavy atom. The van der Waals surface area contributed by atoms with E-state index in [9.17, 15) is 0 Å². The van der Waals surface area contributed by atoms with E-state index >= 15 is 0 Å². The Morgan fingerprint density at radius 2 is 2.07 bits per heavy atom. The maximum Gasteiger partial charge on any atom is 0.0207 e. The van der Waals surface area contributed by atoms with Gasteiger partial charge in [0.15, 0.2) is 0 Å². The van der Waals surface area contributed by atoms with Crippen LogP contribution in [0.3, 0.4) is 0 Å². The van der Waals surface area contributed by atoms with E-state index in [1.54, 1.807) is 0 Å². The third-order valence-electron chi connectivity index (χ3n) is 3.95. The van der Waals surface area contributed by atoms with Crippen LogP contribution in [-0.4, -0.2) is 6.54 Å². The van der Waals surface area contributed by atoms with Crippen LogP contribution in [0.1, 0.15) is 30.9 Å². The van der Waals surface area contributed by atoms with Crippen molar-refractivity contribution < 1.29 is 0 Å². The molecule has 0 heterocycles. The first-order valence-corrected chi connectivity index (χ1v) is 6.24. The molecule has 1 aromatic carbocycles. The molecule has 1 aliphatic carbocycles. The van der Waals surface area contributed by atoms with E-state index in [-0.39, 0.29) is 0 Å². The van der Waals surface area contributed by atoms with Gasteiger partial charge in [0, 0.05) is 4.47 Å². The molecule has 0 radical (unpaired) electrons. The summed E-state index contributed by atoms with van der Waals surface area (Å²) in [6.45, 7) is 7.61. The Hall–Kier alpha value is -0.340. The number of halogens is 1. The van der Waals surface area contributed by atoms with Gasteiger partial charge in [0.05, 0.1) is 0 Å². The molecule has 1 nitrogen and oxygen atoms in total. The van der Waals surface area contributed by atoms with Crippen molar-refractivity contribution in [2.45, 2.75) is 26.7 Å². The molecule has 0 amide bonds. The zero-order valence-corrected chi connectivity index (χ0v) is 11.1. The van der Waals surface area contributed by atoms with Crippen LogP contribution in [0.4, 0.5) is 0 Å². The molecule has 1 aliphatic rings. The van der Waals surface area contributed by atoms with E-state index in [4.69, 9.17) is 5.73 Å². The first-order chi connectivity index (χ1) is 7.00. The van der Waals surface area contributed by atoms with Gasteiger partial charge in [-0.15, -0.1) is 0 Å². The minimum Gasteiger partial charge on any atom is -0.330 e. The van der Waals surface area contributed by atoms with Crippen molar-refractivity contribution in [1.82, 2.24) is 0 Å². The monoisotopic (exact) mass is 267 g/mol. The Morgan fingerprint density at radius 3 is 2.60 bits per heavy atom. The highest BCUT2D eigenvalue weighted by molar-refractivity contribution is 9.10.